The van der Waals surface area contributed by atoms with Gasteiger partial charge in [0.05, 0.1) is 5.69 Å². The van der Waals surface area contributed by atoms with E-state index in [1.54, 1.807) is 12.4 Å². The van der Waals surface area contributed by atoms with Crippen LogP contribution in [-0.2, 0) is 0 Å². The molecule has 2 aromatic rings. The average Bonchev–Trinajstić information content (AvgIpc) is 3.15. The fraction of sp³-hybridized carbons (Fsp3) is 0.462. The molecule has 0 aliphatic heterocycles. The van der Waals surface area contributed by atoms with Crippen molar-refractivity contribution in [3.8, 4) is 0 Å². The summed E-state index contributed by atoms with van der Waals surface area (Å²) in [7, 11) is 0. The third-order valence-corrected chi connectivity index (χ3v) is 5.00. The van der Waals surface area contributed by atoms with Gasteiger partial charge in [-0.2, -0.15) is 0 Å². The molecule has 1 saturated carbocycles. The van der Waals surface area contributed by atoms with Crippen molar-refractivity contribution in [1.29, 1.82) is 0 Å². The molecule has 2 heterocycles. The molecule has 1 aliphatic carbocycles. The van der Waals surface area contributed by atoms with Gasteiger partial charge in [-0.3, -0.25) is 4.79 Å². The Bertz CT molecular complexity index is 633. The first-order valence-corrected chi connectivity index (χ1v) is 7.24. The molecule has 0 spiro atoms. The molecule has 0 aromatic carbocycles. The Balaban J connectivity index is 1.80. The Labute approximate surface area is 115 Å². The highest BCUT2D eigenvalue weighted by molar-refractivity contribution is 7.21. The molecule has 3 rings (SSSR count). The van der Waals surface area contributed by atoms with Crippen LogP contribution in [-0.4, -0.2) is 22.4 Å². The molecule has 0 radical (unpaired) electrons. The summed E-state index contributed by atoms with van der Waals surface area (Å²) < 4.78 is 0. The molecular formula is C13H16N4OS. The van der Waals surface area contributed by atoms with Crippen molar-refractivity contribution in [3.05, 3.63) is 17.3 Å². The normalized spacial score (nSPS) is 16.5. The fourth-order valence-corrected chi connectivity index (χ4v) is 3.13. The van der Waals surface area contributed by atoms with Crippen molar-refractivity contribution >= 4 is 33.3 Å². The van der Waals surface area contributed by atoms with E-state index >= 15 is 0 Å². The highest BCUT2D eigenvalue weighted by atomic mass is 32.1. The Hall–Kier alpha value is -1.69. The summed E-state index contributed by atoms with van der Waals surface area (Å²) >= 11 is 1.30. The summed E-state index contributed by atoms with van der Waals surface area (Å²) in [4.78, 5) is 21.8. The van der Waals surface area contributed by atoms with Crippen LogP contribution in [0.25, 0.3) is 10.3 Å². The molecule has 19 heavy (non-hydrogen) atoms. The number of nitrogen functional groups attached to an aromatic ring is 1. The standard InChI is InChI=1S/C13H16N4OS/c1-2-13(3-4-13)7-17-11(18)10-8(14)9-12(19-10)16-6-5-15-9/h5-6H,2-4,7,14H2,1H3,(H,17,18). The number of anilines is 1. The predicted octanol–water partition coefficient (Wildman–Crippen LogP) is 2.19. The van der Waals surface area contributed by atoms with Crippen LogP contribution in [0.3, 0.4) is 0 Å². The summed E-state index contributed by atoms with van der Waals surface area (Å²) in [6.07, 6.45) is 6.71. The van der Waals surface area contributed by atoms with E-state index in [1.165, 1.54) is 24.2 Å². The van der Waals surface area contributed by atoms with Crippen LogP contribution < -0.4 is 11.1 Å². The van der Waals surface area contributed by atoms with Crippen LogP contribution in [0.1, 0.15) is 35.9 Å². The summed E-state index contributed by atoms with van der Waals surface area (Å²) in [5.41, 5.74) is 7.36. The maximum absolute atomic E-state index is 12.2. The van der Waals surface area contributed by atoms with E-state index in [1.807, 2.05) is 0 Å². The van der Waals surface area contributed by atoms with Crippen LogP contribution in [0.5, 0.6) is 0 Å². The topological polar surface area (TPSA) is 80.9 Å². The highest BCUT2D eigenvalue weighted by Crippen LogP contribution is 2.48. The first-order chi connectivity index (χ1) is 9.15. The SMILES string of the molecule is CCC1(CNC(=O)c2sc3nccnc3c2N)CC1. The van der Waals surface area contributed by atoms with Gasteiger partial charge in [0.25, 0.3) is 5.91 Å². The van der Waals surface area contributed by atoms with Crippen molar-refractivity contribution in [2.24, 2.45) is 5.41 Å². The lowest BCUT2D eigenvalue weighted by molar-refractivity contribution is 0.0949. The minimum Gasteiger partial charge on any atom is -0.396 e. The maximum atomic E-state index is 12.2. The number of amides is 1. The van der Waals surface area contributed by atoms with Gasteiger partial charge in [0, 0.05) is 18.9 Å². The summed E-state index contributed by atoms with van der Waals surface area (Å²) in [6, 6.07) is 0. The molecule has 0 unspecified atom stereocenters. The summed E-state index contributed by atoms with van der Waals surface area (Å²) in [5.74, 6) is -0.109. The number of nitrogens with one attached hydrogen (secondary N) is 1. The lowest BCUT2D eigenvalue weighted by Gasteiger charge is -2.12. The third-order valence-electron chi connectivity index (χ3n) is 3.90. The van der Waals surface area contributed by atoms with Crippen LogP contribution in [0.2, 0.25) is 0 Å². The van der Waals surface area contributed by atoms with E-state index < -0.39 is 0 Å². The van der Waals surface area contributed by atoms with Crippen molar-refractivity contribution in [2.75, 3.05) is 12.3 Å². The van der Waals surface area contributed by atoms with Gasteiger partial charge in [0.15, 0.2) is 0 Å². The molecule has 1 fully saturated rings. The number of nitrogens with two attached hydrogens (primary N) is 1. The number of fused-ring (bicyclic) bond motifs is 1. The number of carbonyl (C=O) groups is 1. The van der Waals surface area contributed by atoms with E-state index in [9.17, 15) is 4.79 Å². The van der Waals surface area contributed by atoms with Gasteiger partial charge >= 0.3 is 0 Å². The number of hydrogen-bond acceptors (Lipinski definition) is 5. The Morgan fingerprint density at radius 2 is 2.21 bits per heavy atom. The van der Waals surface area contributed by atoms with Gasteiger partial charge in [-0.05, 0) is 24.7 Å². The Kier molecular flexibility index (Phi) is 2.89. The second-order valence-electron chi connectivity index (χ2n) is 5.09. The van der Waals surface area contributed by atoms with E-state index in [2.05, 4.69) is 22.2 Å². The fourth-order valence-electron chi connectivity index (χ4n) is 2.19. The van der Waals surface area contributed by atoms with E-state index in [0.29, 0.717) is 26.3 Å². The lowest BCUT2D eigenvalue weighted by atomic mass is 10.0. The van der Waals surface area contributed by atoms with Gasteiger partial charge in [-0.1, -0.05) is 6.92 Å². The minimum atomic E-state index is -0.109. The van der Waals surface area contributed by atoms with Crippen LogP contribution in [0.15, 0.2) is 12.4 Å². The molecule has 5 nitrogen and oxygen atoms in total. The van der Waals surface area contributed by atoms with Gasteiger partial charge in [-0.25, -0.2) is 9.97 Å². The monoisotopic (exact) mass is 276 g/mol. The molecule has 6 heteroatoms. The van der Waals surface area contributed by atoms with E-state index in [4.69, 9.17) is 5.73 Å². The van der Waals surface area contributed by atoms with Crippen molar-refractivity contribution < 1.29 is 4.79 Å². The van der Waals surface area contributed by atoms with Crippen LogP contribution in [0.4, 0.5) is 5.69 Å². The molecule has 1 amide bonds. The zero-order valence-corrected chi connectivity index (χ0v) is 11.6. The minimum absolute atomic E-state index is 0.109. The van der Waals surface area contributed by atoms with Gasteiger partial charge in [-0.15, -0.1) is 11.3 Å². The molecule has 100 valence electrons. The molecular weight excluding hydrogens is 260 g/mol. The molecule has 0 saturated heterocycles. The summed E-state index contributed by atoms with van der Waals surface area (Å²) in [5, 5.41) is 2.99. The molecule has 0 bridgehead atoms. The number of rotatable bonds is 4. The molecule has 2 aromatic heterocycles. The second kappa shape index (κ2) is 4.45. The maximum Gasteiger partial charge on any atom is 0.263 e. The Morgan fingerprint density at radius 1 is 1.47 bits per heavy atom. The zero-order valence-electron chi connectivity index (χ0n) is 10.8. The largest absolute Gasteiger partial charge is 0.396 e. The number of hydrogen-bond donors (Lipinski definition) is 2. The van der Waals surface area contributed by atoms with Crippen molar-refractivity contribution in [3.63, 3.8) is 0 Å². The van der Waals surface area contributed by atoms with Crippen molar-refractivity contribution in [1.82, 2.24) is 15.3 Å². The van der Waals surface area contributed by atoms with Gasteiger partial charge < -0.3 is 11.1 Å². The molecule has 3 N–H and O–H groups in total. The molecule has 1 aliphatic rings. The second-order valence-corrected chi connectivity index (χ2v) is 6.09. The van der Waals surface area contributed by atoms with E-state index in [0.717, 1.165) is 13.0 Å². The first-order valence-electron chi connectivity index (χ1n) is 6.42. The number of carbonyl (C=O) groups excluding carboxylic acids is 1. The van der Waals surface area contributed by atoms with Crippen LogP contribution >= 0.6 is 11.3 Å². The third kappa shape index (κ3) is 2.16. The predicted molar refractivity (Wildman–Crippen MR) is 76.1 cm³/mol. The zero-order chi connectivity index (χ0) is 13.5. The summed E-state index contributed by atoms with van der Waals surface area (Å²) in [6.45, 7) is 2.90. The van der Waals surface area contributed by atoms with E-state index in [-0.39, 0.29) is 5.91 Å². The molecule has 0 atom stereocenters. The highest BCUT2D eigenvalue weighted by Gasteiger charge is 2.40. The number of thiophene rings is 1. The number of nitrogens with zero attached hydrogens (tertiary/aromatic N) is 2. The van der Waals surface area contributed by atoms with Crippen LogP contribution in [0, 0.1) is 5.41 Å². The van der Waals surface area contributed by atoms with Gasteiger partial charge in [0.1, 0.15) is 15.2 Å². The lowest BCUT2D eigenvalue weighted by Crippen LogP contribution is -2.29. The van der Waals surface area contributed by atoms with Crippen molar-refractivity contribution in [2.45, 2.75) is 26.2 Å². The quantitative estimate of drug-likeness (QED) is 0.897. The Morgan fingerprint density at radius 3 is 2.84 bits per heavy atom. The first kappa shape index (κ1) is 12.3. The van der Waals surface area contributed by atoms with Gasteiger partial charge in [0.2, 0.25) is 0 Å². The average molecular weight is 276 g/mol. The smallest absolute Gasteiger partial charge is 0.263 e. The number of aromatic nitrogens is 2.